The van der Waals surface area contributed by atoms with Crippen molar-refractivity contribution in [1.82, 2.24) is 0 Å². The van der Waals surface area contributed by atoms with E-state index in [1.54, 1.807) is 0 Å². The first-order chi connectivity index (χ1) is 9.36. The van der Waals surface area contributed by atoms with Crippen LogP contribution in [0.5, 0.6) is 5.75 Å². The Hall–Kier alpha value is -2.17. The predicted octanol–water partition coefficient (Wildman–Crippen LogP) is 4.18. The number of nitrogen functional groups attached to an aromatic ring is 1. The van der Waals surface area contributed by atoms with Crippen LogP contribution in [0.3, 0.4) is 0 Å². The van der Waals surface area contributed by atoms with E-state index in [1.807, 2.05) is 25.1 Å². The van der Waals surface area contributed by atoms with Crippen molar-refractivity contribution in [2.45, 2.75) is 19.7 Å². The Morgan fingerprint density at radius 1 is 1.05 bits per heavy atom. The molecule has 0 saturated carbocycles. The Morgan fingerprint density at radius 2 is 1.70 bits per heavy atom. The smallest absolute Gasteiger partial charge is 0.416 e. The fourth-order valence-electron chi connectivity index (χ4n) is 1.75. The van der Waals surface area contributed by atoms with Gasteiger partial charge in [0.1, 0.15) is 12.4 Å². The fraction of sp³-hybridized carbons (Fsp3) is 0.200. The highest BCUT2D eigenvalue weighted by Gasteiger charge is 2.29. The lowest BCUT2D eigenvalue weighted by Gasteiger charge is -2.11. The summed E-state index contributed by atoms with van der Waals surface area (Å²) >= 11 is 0. The van der Waals surface area contributed by atoms with E-state index < -0.39 is 11.7 Å². The Kier molecular flexibility index (Phi) is 3.88. The summed E-state index contributed by atoms with van der Waals surface area (Å²) in [6, 6.07) is 10.2. The number of rotatable bonds is 3. The van der Waals surface area contributed by atoms with Gasteiger partial charge in [0, 0.05) is 11.3 Å². The zero-order valence-electron chi connectivity index (χ0n) is 10.9. The molecule has 0 atom stereocenters. The van der Waals surface area contributed by atoms with Gasteiger partial charge in [-0.15, -0.1) is 0 Å². The molecule has 0 aliphatic heterocycles. The summed E-state index contributed by atoms with van der Waals surface area (Å²) in [4.78, 5) is 0. The van der Waals surface area contributed by atoms with Crippen molar-refractivity contribution in [3.8, 4) is 5.75 Å². The van der Waals surface area contributed by atoms with Crippen LogP contribution >= 0.6 is 0 Å². The molecule has 0 bridgehead atoms. The molecule has 0 unspecified atom stereocenters. The van der Waals surface area contributed by atoms with Crippen LogP contribution in [0.25, 0.3) is 0 Å². The molecule has 0 amide bonds. The molecule has 2 aromatic carbocycles. The quantitative estimate of drug-likeness (QED) is 0.857. The van der Waals surface area contributed by atoms with Gasteiger partial charge >= 0.3 is 6.18 Å². The van der Waals surface area contributed by atoms with Crippen molar-refractivity contribution in [2.75, 3.05) is 5.73 Å². The standard InChI is InChI=1S/C15H14F3NO/c1-10-2-3-11(14(19)8-10)9-20-13-6-4-12(5-7-13)15(16,17)18/h2-8H,9,19H2,1H3. The normalized spacial score (nSPS) is 11.4. The lowest BCUT2D eigenvalue weighted by molar-refractivity contribution is -0.137. The first-order valence-corrected chi connectivity index (χ1v) is 6.01. The molecule has 20 heavy (non-hydrogen) atoms. The van der Waals surface area contributed by atoms with Gasteiger partial charge in [-0.25, -0.2) is 0 Å². The third kappa shape index (κ3) is 3.44. The largest absolute Gasteiger partial charge is 0.489 e. The summed E-state index contributed by atoms with van der Waals surface area (Å²) in [5.74, 6) is 0.373. The number of hydrogen-bond acceptors (Lipinski definition) is 2. The molecule has 2 rings (SSSR count). The Bertz CT molecular complexity index is 591. The van der Waals surface area contributed by atoms with Crippen LogP contribution in [-0.2, 0) is 12.8 Å². The van der Waals surface area contributed by atoms with Gasteiger partial charge in [0.25, 0.3) is 0 Å². The van der Waals surface area contributed by atoms with E-state index in [9.17, 15) is 13.2 Å². The third-order valence-electron chi connectivity index (χ3n) is 2.88. The third-order valence-corrected chi connectivity index (χ3v) is 2.88. The van der Waals surface area contributed by atoms with Crippen LogP contribution in [-0.4, -0.2) is 0 Å². The summed E-state index contributed by atoms with van der Waals surface area (Å²) in [5.41, 5.74) is 7.60. The Balaban J connectivity index is 2.04. The molecule has 2 nitrogen and oxygen atoms in total. The van der Waals surface area contributed by atoms with Crippen LogP contribution in [0, 0.1) is 6.92 Å². The molecule has 2 aromatic rings. The number of anilines is 1. The molecule has 0 saturated heterocycles. The number of benzene rings is 2. The van der Waals surface area contributed by atoms with Gasteiger partial charge < -0.3 is 10.5 Å². The van der Waals surface area contributed by atoms with E-state index in [4.69, 9.17) is 10.5 Å². The molecule has 0 aromatic heterocycles. The Labute approximate surface area is 115 Å². The van der Waals surface area contributed by atoms with Crippen molar-refractivity contribution in [3.63, 3.8) is 0 Å². The van der Waals surface area contributed by atoms with Gasteiger partial charge in [0.15, 0.2) is 0 Å². The molecule has 0 spiro atoms. The average molecular weight is 281 g/mol. The van der Waals surface area contributed by atoms with E-state index in [1.165, 1.54) is 12.1 Å². The van der Waals surface area contributed by atoms with Crippen molar-refractivity contribution < 1.29 is 17.9 Å². The summed E-state index contributed by atoms with van der Waals surface area (Å²) < 4.78 is 42.6. The monoisotopic (exact) mass is 281 g/mol. The zero-order chi connectivity index (χ0) is 14.8. The fourth-order valence-corrected chi connectivity index (χ4v) is 1.75. The van der Waals surface area contributed by atoms with Crippen molar-refractivity contribution >= 4 is 5.69 Å². The molecule has 2 N–H and O–H groups in total. The van der Waals surface area contributed by atoms with Crippen molar-refractivity contribution in [1.29, 1.82) is 0 Å². The summed E-state index contributed by atoms with van der Waals surface area (Å²) in [7, 11) is 0. The van der Waals surface area contributed by atoms with Gasteiger partial charge in [0.2, 0.25) is 0 Å². The summed E-state index contributed by atoms with van der Waals surface area (Å²) in [5, 5.41) is 0. The van der Waals surface area contributed by atoms with Gasteiger partial charge in [-0.05, 0) is 42.8 Å². The maximum Gasteiger partial charge on any atom is 0.416 e. The second-order valence-corrected chi connectivity index (χ2v) is 4.51. The molecule has 0 heterocycles. The van der Waals surface area contributed by atoms with Gasteiger partial charge in [-0.2, -0.15) is 13.2 Å². The van der Waals surface area contributed by atoms with E-state index in [-0.39, 0.29) is 6.61 Å². The molecule has 0 radical (unpaired) electrons. The lowest BCUT2D eigenvalue weighted by atomic mass is 10.1. The van der Waals surface area contributed by atoms with E-state index in [0.717, 1.165) is 23.3 Å². The van der Waals surface area contributed by atoms with Gasteiger partial charge in [0.05, 0.1) is 5.56 Å². The van der Waals surface area contributed by atoms with Crippen LogP contribution < -0.4 is 10.5 Å². The van der Waals surface area contributed by atoms with Crippen molar-refractivity contribution in [3.05, 3.63) is 59.2 Å². The summed E-state index contributed by atoms with van der Waals surface area (Å²) in [6.07, 6.45) is -4.33. The van der Waals surface area contributed by atoms with Gasteiger partial charge in [-0.1, -0.05) is 12.1 Å². The lowest BCUT2D eigenvalue weighted by Crippen LogP contribution is -2.05. The number of alkyl halides is 3. The molecule has 0 fully saturated rings. The van der Waals surface area contributed by atoms with Gasteiger partial charge in [-0.3, -0.25) is 0 Å². The molecule has 5 heteroatoms. The SMILES string of the molecule is Cc1ccc(COc2ccc(C(F)(F)F)cc2)c(N)c1. The predicted molar refractivity (Wildman–Crippen MR) is 71.4 cm³/mol. The molecular weight excluding hydrogens is 267 g/mol. The molecule has 106 valence electrons. The minimum absolute atomic E-state index is 0.220. The highest BCUT2D eigenvalue weighted by atomic mass is 19.4. The zero-order valence-corrected chi connectivity index (χ0v) is 10.9. The number of hydrogen-bond donors (Lipinski definition) is 1. The minimum Gasteiger partial charge on any atom is -0.489 e. The number of aryl methyl sites for hydroxylation is 1. The maximum absolute atomic E-state index is 12.4. The van der Waals surface area contributed by atoms with Crippen LogP contribution in [0.1, 0.15) is 16.7 Å². The second kappa shape index (κ2) is 5.45. The first-order valence-electron chi connectivity index (χ1n) is 6.01. The molecular formula is C15H14F3NO. The number of halogens is 3. The summed E-state index contributed by atoms with van der Waals surface area (Å²) in [6.45, 7) is 2.15. The molecule has 0 aliphatic carbocycles. The highest BCUT2D eigenvalue weighted by molar-refractivity contribution is 5.48. The van der Waals surface area contributed by atoms with Crippen LogP contribution in [0.15, 0.2) is 42.5 Å². The number of nitrogens with two attached hydrogens (primary N) is 1. The highest BCUT2D eigenvalue weighted by Crippen LogP contribution is 2.30. The second-order valence-electron chi connectivity index (χ2n) is 4.51. The first kappa shape index (κ1) is 14.2. The van der Waals surface area contributed by atoms with E-state index in [2.05, 4.69) is 0 Å². The van der Waals surface area contributed by atoms with Crippen molar-refractivity contribution in [2.24, 2.45) is 0 Å². The number of ether oxygens (including phenoxy) is 1. The molecule has 0 aliphatic rings. The topological polar surface area (TPSA) is 35.2 Å². The van der Waals surface area contributed by atoms with E-state index in [0.29, 0.717) is 11.4 Å². The Morgan fingerprint density at radius 3 is 2.25 bits per heavy atom. The minimum atomic E-state index is -4.33. The van der Waals surface area contributed by atoms with Crippen LogP contribution in [0.4, 0.5) is 18.9 Å². The maximum atomic E-state index is 12.4. The van der Waals surface area contributed by atoms with Crippen LogP contribution in [0.2, 0.25) is 0 Å². The average Bonchev–Trinajstić information content (AvgIpc) is 2.37. The van der Waals surface area contributed by atoms with E-state index >= 15 is 0 Å².